The van der Waals surface area contributed by atoms with Crippen LogP contribution in [0.15, 0.2) is 82.8 Å². The molecule has 4 amide bonds. The van der Waals surface area contributed by atoms with Gasteiger partial charge in [0, 0.05) is 11.5 Å². The summed E-state index contributed by atoms with van der Waals surface area (Å²) < 4.78 is 84.8. The van der Waals surface area contributed by atoms with Gasteiger partial charge in [0.15, 0.2) is 50.1 Å². The molecule has 0 radical (unpaired) electrons. The summed E-state index contributed by atoms with van der Waals surface area (Å²) in [6.45, 7) is 0. The van der Waals surface area contributed by atoms with Gasteiger partial charge in [-0.15, -0.1) is 23.2 Å². The number of carbonyl (C=O) groups is 4. The first kappa shape index (κ1) is 36.8. The number of benzene rings is 4. The maximum atomic E-state index is 15.3. The largest absolute Gasteiger partial charge is 0.504 e. The third-order valence-electron chi connectivity index (χ3n) is 11.4. The first-order valence-corrected chi connectivity index (χ1v) is 18.1. The lowest BCUT2D eigenvalue weighted by atomic mass is 9.56. The van der Waals surface area contributed by atoms with Crippen LogP contribution >= 0.6 is 23.2 Å². The van der Waals surface area contributed by atoms with Gasteiger partial charge in [-0.1, -0.05) is 29.8 Å². The van der Waals surface area contributed by atoms with Gasteiger partial charge in [-0.25, -0.2) is 31.8 Å². The van der Waals surface area contributed by atoms with Crippen LogP contribution < -0.4 is 14.5 Å². The third-order valence-corrected chi connectivity index (χ3v) is 12.8. The van der Waals surface area contributed by atoms with E-state index in [0.29, 0.717) is 22.6 Å². The predicted octanol–water partition coefficient (Wildman–Crippen LogP) is 7.67. The van der Waals surface area contributed by atoms with Gasteiger partial charge >= 0.3 is 0 Å². The van der Waals surface area contributed by atoms with Crippen molar-refractivity contribution in [3.05, 3.63) is 113 Å². The van der Waals surface area contributed by atoms with Crippen molar-refractivity contribution in [3.8, 4) is 23.0 Å². The Morgan fingerprint density at radius 1 is 0.825 bits per heavy atom. The van der Waals surface area contributed by atoms with E-state index in [1.165, 1.54) is 31.4 Å². The molecule has 2 aliphatic heterocycles. The number of methoxy groups -OCH3 is 1. The quantitative estimate of drug-likeness (QED) is 0.0478. The Hall–Kier alpha value is -5.80. The van der Waals surface area contributed by atoms with Crippen molar-refractivity contribution in [1.82, 2.24) is 4.98 Å². The van der Waals surface area contributed by atoms with Crippen molar-refractivity contribution in [2.45, 2.75) is 28.5 Å². The molecule has 290 valence electrons. The molecule has 4 aromatic carbocycles. The van der Waals surface area contributed by atoms with E-state index < -0.39 is 104 Å². The fourth-order valence-electron chi connectivity index (χ4n) is 8.83. The fraction of sp³-hybridized carbons (Fsp3) is 0.225. The molecule has 2 saturated heterocycles. The lowest BCUT2D eigenvalue weighted by molar-refractivity contribution is -0.125. The van der Waals surface area contributed by atoms with Crippen molar-refractivity contribution in [2.24, 2.45) is 17.8 Å². The molecule has 0 spiro atoms. The second-order valence-electron chi connectivity index (χ2n) is 14.2. The summed E-state index contributed by atoms with van der Waals surface area (Å²) in [4.78, 5) is 57.2. The van der Waals surface area contributed by atoms with E-state index in [9.17, 15) is 37.5 Å². The van der Waals surface area contributed by atoms with Crippen LogP contribution in [0.3, 0.4) is 0 Å². The number of halogens is 7. The minimum atomic E-state index is -2.74. The van der Waals surface area contributed by atoms with Crippen LogP contribution in [0.2, 0.25) is 0 Å². The van der Waals surface area contributed by atoms with Crippen LogP contribution in [-0.2, 0) is 19.2 Å². The molecule has 0 bridgehead atoms. The molecule has 5 aromatic rings. The summed E-state index contributed by atoms with van der Waals surface area (Å²) in [5, 5.41) is 10.8. The molecule has 4 aliphatic rings. The highest BCUT2D eigenvalue weighted by molar-refractivity contribution is 6.58. The number of allylic oxidation sites excluding steroid dienone is 2. The number of aromatic hydroxyl groups is 1. The van der Waals surface area contributed by atoms with Gasteiger partial charge in [0.25, 0.3) is 11.8 Å². The highest BCUT2D eigenvalue weighted by atomic mass is 35.5. The molecule has 57 heavy (non-hydrogen) atoms. The first-order valence-electron chi connectivity index (χ1n) is 17.3. The van der Waals surface area contributed by atoms with E-state index in [4.69, 9.17) is 32.4 Å². The van der Waals surface area contributed by atoms with Crippen molar-refractivity contribution < 1.29 is 55.4 Å². The summed E-state index contributed by atoms with van der Waals surface area (Å²) in [6.07, 6.45) is 0.814. The number of amides is 4. The van der Waals surface area contributed by atoms with E-state index in [1.807, 2.05) is 0 Å². The Labute approximate surface area is 328 Å². The number of nitrogens with zero attached hydrogens (tertiary/aromatic N) is 3. The van der Waals surface area contributed by atoms with Crippen LogP contribution in [-0.4, -0.2) is 50.6 Å². The summed E-state index contributed by atoms with van der Waals surface area (Å²) in [6, 6.07) is 17.2. The topological polar surface area (TPSA) is 130 Å². The number of alkyl halides is 2. The summed E-state index contributed by atoms with van der Waals surface area (Å²) >= 11 is 14.3. The Kier molecular flexibility index (Phi) is 8.14. The number of phenolic OH excluding ortho intramolecular Hbond substituents is 1. The fourth-order valence-corrected chi connectivity index (χ4v) is 9.77. The number of fused-ring (bicyclic) bond motifs is 5. The summed E-state index contributed by atoms with van der Waals surface area (Å²) in [5.41, 5.74) is 0.291. The number of imide groups is 2. The Balaban J connectivity index is 1.15. The second kappa shape index (κ2) is 12.6. The number of hydrogen-bond donors (Lipinski definition) is 1. The van der Waals surface area contributed by atoms with Gasteiger partial charge in [-0.2, -0.15) is 0 Å². The van der Waals surface area contributed by atoms with Crippen molar-refractivity contribution in [1.29, 1.82) is 0 Å². The molecule has 0 unspecified atom stereocenters. The molecule has 1 aromatic heterocycles. The molecule has 3 heterocycles. The zero-order valence-electron chi connectivity index (χ0n) is 29.0. The second-order valence-corrected chi connectivity index (χ2v) is 15.4. The summed E-state index contributed by atoms with van der Waals surface area (Å²) in [5.74, 6) is -22.0. The average molecular weight is 825 g/mol. The van der Waals surface area contributed by atoms with Crippen LogP contribution in [0.25, 0.3) is 22.6 Å². The number of para-hydroxylation sites is 2. The Morgan fingerprint density at radius 3 is 2.14 bits per heavy atom. The average Bonchev–Trinajstić information content (AvgIpc) is 3.80. The molecule has 6 atom stereocenters. The van der Waals surface area contributed by atoms with E-state index in [-0.39, 0.29) is 33.9 Å². The van der Waals surface area contributed by atoms with Gasteiger partial charge < -0.3 is 14.3 Å². The number of rotatable bonds is 5. The van der Waals surface area contributed by atoms with Gasteiger partial charge in [0.2, 0.25) is 23.5 Å². The van der Waals surface area contributed by atoms with Crippen molar-refractivity contribution >= 4 is 69.3 Å². The van der Waals surface area contributed by atoms with Crippen LogP contribution in [0.4, 0.5) is 33.3 Å². The third kappa shape index (κ3) is 4.84. The number of anilines is 2. The first-order chi connectivity index (χ1) is 27.1. The van der Waals surface area contributed by atoms with Crippen molar-refractivity contribution in [3.63, 3.8) is 0 Å². The normalized spacial score (nSPS) is 26.8. The van der Waals surface area contributed by atoms with Gasteiger partial charge in [-0.3, -0.25) is 24.1 Å². The molecular weight excluding hydrogens is 800 g/mol. The molecule has 10 nitrogen and oxygen atoms in total. The highest BCUT2D eigenvalue weighted by Gasteiger charge is 2.77. The SMILES string of the molecule is COc1ccc([C@H]2C3=CC[C@@H]4C(=O)N(c5ccc(-c6nc7ccccc7o6)cc5)C(=O)[C@@H]4[C@@H]3C[C@@]3(Cl)C(=O)N(c4c(F)c(F)c(F)c(F)c4F)C(=O)[C@@]23Cl)cc1O. The molecular formula is C40H24Cl2F5N3O7. The molecule has 1 N–H and O–H groups in total. The molecule has 2 aliphatic carbocycles. The number of oxazole rings is 1. The van der Waals surface area contributed by atoms with Gasteiger partial charge in [0.1, 0.15) is 11.2 Å². The standard InChI is InChI=1S/C40H24Cl2F5N3O7/c1-56-25-13-8-17(14-23(25)51)27-19-11-12-20-26(36(53)49(35(20)52)18-9-6-16(7-10-18)34-48-22-4-2-3-5-24(22)57-34)21(19)15-39(41)37(54)50(38(55)40(27,39)42)33-31(46)29(44)28(43)30(45)32(33)47/h2-11,13-14,20-21,26-27,51H,12,15H2,1H3/t20-,21+,26-,27-,39+,40-/m0/s1. The van der Waals surface area contributed by atoms with Crippen LogP contribution in [0.5, 0.6) is 11.5 Å². The monoisotopic (exact) mass is 823 g/mol. The number of carbonyl (C=O) groups excluding carboxylic acids is 4. The van der Waals surface area contributed by atoms with E-state index in [1.54, 1.807) is 42.5 Å². The number of aromatic nitrogens is 1. The molecule has 1 saturated carbocycles. The Bertz CT molecular complexity index is 2610. The minimum Gasteiger partial charge on any atom is -0.504 e. The molecule has 9 rings (SSSR count). The number of ether oxygens (including phenoxy) is 1. The number of hydrogen-bond acceptors (Lipinski definition) is 8. The van der Waals surface area contributed by atoms with Crippen molar-refractivity contribution in [2.75, 3.05) is 16.9 Å². The highest BCUT2D eigenvalue weighted by Crippen LogP contribution is 2.66. The molecule has 3 fully saturated rings. The van der Waals surface area contributed by atoms with Crippen LogP contribution in [0, 0.1) is 46.8 Å². The van der Waals surface area contributed by atoms with Crippen LogP contribution in [0.1, 0.15) is 24.3 Å². The van der Waals surface area contributed by atoms with E-state index in [2.05, 4.69) is 4.98 Å². The lowest BCUT2D eigenvalue weighted by Gasteiger charge is -2.50. The zero-order chi connectivity index (χ0) is 40.5. The van der Waals surface area contributed by atoms with Gasteiger partial charge in [0.05, 0.1) is 24.6 Å². The lowest BCUT2D eigenvalue weighted by Crippen LogP contribution is -2.60. The van der Waals surface area contributed by atoms with Gasteiger partial charge in [-0.05, 0) is 72.9 Å². The smallest absolute Gasteiger partial charge is 0.258 e. The number of phenols is 1. The Morgan fingerprint density at radius 2 is 1.49 bits per heavy atom. The maximum Gasteiger partial charge on any atom is 0.258 e. The predicted molar refractivity (Wildman–Crippen MR) is 193 cm³/mol. The molecule has 17 heteroatoms. The zero-order valence-corrected chi connectivity index (χ0v) is 30.5. The van der Waals surface area contributed by atoms with E-state index in [0.717, 1.165) is 11.0 Å². The van der Waals surface area contributed by atoms with E-state index >= 15 is 8.78 Å². The summed E-state index contributed by atoms with van der Waals surface area (Å²) in [7, 11) is 1.26. The minimum absolute atomic E-state index is 0.0178. The maximum absolute atomic E-state index is 15.3.